The van der Waals surface area contributed by atoms with Crippen LogP contribution in [0, 0.1) is 0 Å². The minimum Gasteiger partial charge on any atom is -0.457 e. The van der Waals surface area contributed by atoms with E-state index in [1.807, 2.05) is 42.5 Å². The molecule has 0 radical (unpaired) electrons. The number of anilines is 1. The molecule has 2 fully saturated rings. The molecule has 9 nitrogen and oxygen atoms in total. The van der Waals surface area contributed by atoms with Gasteiger partial charge in [0.05, 0.1) is 19.0 Å². The summed E-state index contributed by atoms with van der Waals surface area (Å²) in [6.45, 7) is 4.04. The molecule has 46 heavy (non-hydrogen) atoms. The number of rotatable bonds is 10. The van der Waals surface area contributed by atoms with Gasteiger partial charge in [-0.15, -0.1) is 0 Å². The molecule has 0 aliphatic carbocycles. The fourth-order valence-corrected chi connectivity index (χ4v) is 6.18. The zero-order valence-corrected chi connectivity index (χ0v) is 25.8. The Hall–Kier alpha value is -4.99. The highest BCUT2D eigenvalue weighted by Crippen LogP contribution is 2.29. The van der Waals surface area contributed by atoms with Crippen molar-refractivity contribution in [2.45, 2.75) is 18.5 Å². The number of nitrogens with one attached hydrogen (secondary N) is 2. The highest BCUT2D eigenvalue weighted by atomic mass is 16.5. The van der Waals surface area contributed by atoms with Gasteiger partial charge in [0.25, 0.3) is 0 Å². The van der Waals surface area contributed by atoms with Crippen LogP contribution in [0.5, 0.6) is 11.5 Å². The summed E-state index contributed by atoms with van der Waals surface area (Å²) < 4.78 is 5.82. The summed E-state index contributed by atoms with van der Waals surface area (Å²) in [6.07, 6.45) is -0.122. The second-order valence-electron chi connectivity index (χ2n) is 11.6. The van der Waals surface area contributed by atoms with Gasteiger partial charge in [0, 0.05) is 45.0 Å². The molecule has 6 rings (SSSR count). The average Bonchev–Trinajstić information content (AvgIpc) is 3.09. The van der Waals surface area contributed by atoms with Crippen molar-refractivity contribution in [2.75, 3.05) is 51.1 Å². The van der Waals surface area contributed by atoms with E-state index in [-0.39, 0.29) is 36.7 Å². The molecular formula is C37H39N5O4. The van der Waals surface area contributed by atoms with Gasteiger partial charge in [-0.1, -0.05) is 78.9 Å². The van der Waals surface area contributed by atoms with Gasteiger partial charge in [-0.25, -0.2) is 0 Å². The first-order valence-electron chi connectivity index (χ1n) is 15.8. The van der Waals surface area contributed by atoms with Crippen LogP contribution in [0.15, 0.2) is 115 Å². The van der Waals surface area contributed by atoms with Gasteiger partial charge in [0.15, 0.2) is 0 Å². The molecule has 0 bridgehead atoms. The first kappa shape index (κ1) is 31.0. The van der Waals surface area contributed by atoms with Crippen molar-refractivity contribution in [1.29, 1.82) is 0 Å². The monoisotopic (exact) mass is 617 g/mol. The Bertz CT molecular complexity index is 1550. The molecule has 0 aromatic heterocycles. The quantitative estimate of drug-likeness (QED) is 0.272. The maximum absolute atomic E-state index is 13.6. The highest BCUT2D eigenvalue weighted by molar-refractivity contribution is 5.97. The Balaban J connectivity index is 1.03. The van der Waals surface area contributed by atoms with Gasteiger partial charge in [0.1, 0.15) is 17.5 Å². The fraction of sp³-hybridized carbons (Fsp3) is 0.270. The van der Waals surface area contributed by atoms with Crippen LogP contribution >= 0.6 is 0 Å². The third-order valence-corrected chi connectivity index (χ3v) is 8.51. The number of hydrogen-bond acceptors (Lipinski definition) is 6. The summed E-state index contributed by atoms with van der Waals surface area (Å²) in [6, 6.07) is 36.8. The molecular weight excluding hydrogens is 578 g/mol. The van der Waals surface area contributed by atoms with E-state index in [0.29, 0.717) is 24.5 Å². The number of carbonyl (C=O) groups is 3. The number of amides is 3. The summed E-state index contributed by atoms with van der Waals surface area (Å²) in [5, 5.41) is 5.68. The Morgan fingerprint density at radius 1 is 0.739 bits per heavy atom. The van der Waals surface area contributed by atoms with E-state index in [1.54, 1.807) is 29.2 Å². The molecule has 4 aromatic rings. The second-order valence-corrected chi connectivity index (χ2v) is 11.6. The van der Waals surface area contributed by atoms with Crippen LogP contribution in [0.2, 0.25) is 0 Å². The lowest BCUT2D eigenvalue weighted by Gasteiger charge is -2.41. The minimum atomic E-state index is -0.858. The van der Waals surface area contributed by atoms with Crippen molar-refractivity contribution in [3.05, 3.63) is 126 Å². The number of nitrogens with zero attached hydrogens (tertiary/aromatic N) is 3. The Morgan fingerprint density at radius 2 is 1.30 bits per heavy atom. The van der Waals surface area contributed by atoms with E-state index in [9.17, 15) is 14.4 Å². The van der Waals surface area contributed by atoms with Gasteiger partial charge in [-0.2, -0.15) is 0 Å². The van der Waals surface area contributed by atoms with Crippen molar-refractivity contribution < 1.29 is 19.1 Å². The van der Waals surface area contributed by atoms with Gasteiger partial charge in [-0.05, 0) is 47.5 Å². The summed E-state index contributed by atoms with van der Waals surface area (Å²) in [4.78, 5) is 45.6. The molecule has 236 valence electrons. The van der Waals surface area contributed by atoms with Crippen molar-refractivity contribution in [2.24, 2.45) is 0 Å². The van der Waals surface area contributed by atoms with Crippen LogP contribution in [-0.2, 0) is 14.4 Å². The third-order valence-electron chi connectivity index (χ3n) is 8.51. The molecule has 1 unspecified atom stereocenters. The molecule has 9 heteroatoms. The smallest absolute Gasteiger partial charge is 0.243 e. The molecule has 2 saturated heterocycles. The van der Waals surface area contributed by atoms with E-state index < -0.39 is 6.04 Å². The van der Waals surface area contributed by atoms with Crippen LogP contribution in [-0.4, -0.2) is 84.3 Å². The van der Waals surface area contributed by atoms with E-state index in [2.05, 4.69) is 69.0 Å². The Morgan fingerprint density at radius 3 is 1.91 bits per heavy atom. The summed E-state index contributed by atoms with van der Waals surface area (Å²) in [7, 11) is 0. The van der Waals surface area contributed by atoms with E-state index >= 15 is 0 Å². The van der Waals surface area contributed by atoms with Crippen LogP contribution in [0.3, 0.4) is 0 Å². The third kappa shape index (κ3) is 7.80. The van der Waals surface area contributed by atoms with Crippen LogP contribution in [0.25, 0.3) is 0 Å². The second kappa shape index (κ2) is 14.9. The van der Waals surface area contributed by atoms with Crippen molar-refractivity contribution in [3.63, 3.8) is 0 Å². The molecule has 2 heterocycles. The molecule has 1 atom stereocenters. The Kier molecular flexibility index (Phi) is 10.0. The topological polar surface area (TPSA) is 94.2 Å². The molecule has 2 N–H and O–H groups in total. The molecule has 3 amide bonds. The first-order valence-corrected chi connectivity index (χ1v) is 15.8. The van der Waals surface area contributed by atoms with Crippen LogP contribution in [0.1, 0.15) is 23.6 Å². The number of para-hydroxylation sites is 1. The standard InChI is InChI=1S/C37H39N5O4/c43-34(39-30-16-18-32(19-17-30)46-31-14-8-3-9-15-31)26-33-37(45)38-20-21-42(33)35(44)27-40-22-24-41(25-23-40)36(28-10-4-1-5-11-28)29-12-6-2-7-13-29/h1-19,33,36H,20-27H2,(H,38,45)(H,39,43). The summed E-state index contributed by atoms with van der Waals surface area (Å²) in [5.74, 6) is 0.589. The zero-order valence-electron chi connectivity index (χ0n) is 25.8. The van der Waals surface area contributed by atoms with Gasteiger partial charge in [-0.3, -0.25) is 24.2 Å². The molecule has 2 aliphatic heterocycles. The SMILES string of the molecule is O=C(CC1C(=O)NCCN1C(=O)CN1CCN(C(c2ccccc2)c2ccccc2)CC1)Nc1ccc(Oc2ccccc2)cc1. The maximum Gasteiger partial charge on any atom is 0.243 e. The van der Waals surface area contributed by atoms with Crippen molar-refractivity contribution in [3.8, 4) is 11.5 Å². The maximum atomic E-state index is 13.6. The molecule has 0 spiro atoms. The number of ether oxygens (including phenoxy) is 1. The summed E-state index contributed by atoms with van der Waals surface area (Å²) >= 11 is 0. The van der Waals surface area contributed by atoms with Gasteiger partial charge >= 0.3 is 0 Å². The fourth-order valence-electron chi connectivity index (χ4n) is 6.18. The molecule has 0 saturated carbocycles. The van der Waals surface area contributed by atoms with Crippen LogP contribution in [0.4, 0.5) is 5.69 Å². The van der Waals surface area contributed by atoms with Crippen LogP contribution < -0.4 is 15.4 Å². The lowest BCUT2D eigenvalue weighted by Crippen LogP contribution is -2.60. The van der Waals surface area contributed by atoms with Gasteiger partial charge < -0.3 is 20.3 Å². The van der Waals surface area contributed by atoms with Crippen molar-refractivity contribution in [1.82, 2.24) is 20.0 Å². The van der Waals surface area contributed by atoms with Gasteiger partial charge in [0.2, 0.25) is 17.7 Å². The largest absolute Gasteiger partial charge is 0.457 e. The molecule has 2 aliphatic rings. The average molecular weight is 618 g/mol. The number of benzene rings is 4. The van der Waals surface area contributed by atoms with E-state index in [0.717, 1.165) is 31.9 Å². The lowest BCUT2D eigenvalue weighted by atomic mass is 9.96. The zero-order chi connectivity index (χ0) is 31.7. The number of hydrogen-bond donors (Lipinski definition) is 2. The van der Waals surface area contributed by atoms with E-state index in [4.69, 9.17) is 4.74 Å². The van der Waals surface area contributed by atoms with Crippen molar-refractivity contribution >= 4 is 23.4 Å². The molecule has 4 aromatic carbocycles. The normalized spacial score (nSPS) is 17.4. The first-order chi connectivity index (χ1) is 22.5. The minimum absolute atomic E-state index is 0.122. The van der Waals surface area contributed by atoms with E-state index in [1.165, 1.54) is 11.1 Å². The highest BCUT2D eigenvalue weighted by Gasteiger charge is 2.36. The lowest BCUT2D eigenvalue weighted by molar-refractivity contribution is -0.145. The predicted molar refractivity (Wildman–Crippen MR) is 177 cm³/mol. The number of carbonyl (C=O) groups excluding carboxylic acids is 3. The summed E-state index contributed by atoms with van der Waals surface area (Å²) in [5.41, 5.74) is 3.08. The number of piperazine rings is 2. The predicted octanol–water partition coefficient (Wildman–Crippen LogP) is 4.54. The Labute approximate surface area is 269 Å².